The van der Waals surface area contributed by atoms with Crippen molar-refractivity contribution in [1.29, 1.82) is 0 Å². The number of aliphatic hydroxyl groups excluding tert-OH is 1. The lowest BCUT2D eigenvalue weighted by Gasteiger charge is -2.00. The average molecular weight is 218 g/mol. The summed E-state index contributed by atoms with van der Waals surface area (Å²) < 4.78 is 26.2. The van der Waals surface area contributed by atoms with Crippen molar-refractivity contribution in [2.75, 3.05) is 6.79 Å². The third kappa shape index (κ3) is 3.47. The Morgan fingerprint density at radius 1 is 1.23 bits per heavy atom. The van der Waals surface area contributed by atoms with Crippen LogP contribution in [-0.4, -0.2) is 37.7 Å². The third-order valence-corrected chi connectivity index (χ3v) is 2.50. The van der Waals surface area contributed by atoms with E-state index in [9.17, 15) is 8.42 Å². The summed E-state index contributed by atoms with van der Waals surface area (Å²) in [6, 6.07) is 7.63. The molecule has 0 saturated carbocycles. The zero-order valence-corrected chi connectivity index (χ0v) is 6.99. The minimum absolute atomic E-state index is 0. The van der Waals surface area contributed by atoms with Crippen molar-refractivity contribution in [3.05, 3.63) is 30.3 Å². The summed E-state index contributed by atoms with van der Waals surface area (Å²) in [6.45, 7) is -0.836. The van der Waals surface area contributed by atoms with Crippen molar-refractivity contribution in [3.8, 4) is 0 Å². The highest BCUT2D eigenvalue weighted by molar-refractivity contribution is 7.86. The second-order valence-electron chi connectivity index (χ2n) is 2.01. The smallest absolute Gasteiger partial charge is 0.299 e. The molecule has 13 heavy (non-hydrogen) atoms. The van der Waals surface area contributed by atoms with Gasteiger partial charge in [0.15, 0.2) is 24.2 Å². The quantitative estimate of drug-likeness (QED) is 0.408. The number of aliphatic hydroxyl groups is 1. The Morgan fingerprint density at radius 3 is 2.23 bits per heavy atom. The molecule has 6 heteroatoms. The van der Waals surface area contributed by atoms with Crippen LogP contribution in [-0.2, 0) is 14.3 Å². The largest absolute Gasteiger partial charge is 0.369 e. The van der Waals surface area contributed by atoms with E-state index in [0.29, 0.717) is 0 Å². The fourth-order valence-corrected chi connectivity index (χ4v) is 1.49. The molecule has 0 aromatic heterocycles. The van der Waals surface area contributed by atoms with Crippen molar-refractivity contribution >= 4 is 27.5 Å². The first kappa shape index (κ1) is 12.6. The number of hydrogen-bond acceptors (Lipinski definition) is 4. The van der Waals surface area contributed by atoms with Gasteiger partial charge in [-0.15, -0.1) is 0 Å². The van der Waals surface area contributed by atoms with Gasteiger partial charge in [0, 0.05) is 0 Å². The van der Waals surface area contributed by atoms with Gasteiger partial charge in [0.1, 0.15) is 0 Å². The molecule has 0 amide bonds. The van der Waals surface area contributed by atoms with E-state index in [2.05, 4.69) is 4.18 Å². The molecule has 0 aliphatic rings. The highest BCUT2D eigenvalue weighted by atomic mass is 32.2. The van der Waals surface area contributed by atoms with Crippen LogP contribution < -0.4 is 0 Å². The van der Waals surface area contributed by atoms with Gasteiger partial charge in [0.05, 0.1) is 4.90 Å². The van der Waals surface area contributed by atoms with E-state index in [1.807, 2.05) is 0 Å². The van der Waals surface area contributed by atoms with Crippen LogP contribution in [0.3, 0.4) is 0 Å². The topological polar surface area (TPSA) is 63.6 Å². The molecule has 1 rings (SSSR count). The van der Waals surface area contributed by atoms with Crippen LogP contribution in [0.4, 0.5) is 0 Å². The van der Waals surface area contributed by atoms with Crippen LogP contribution in [0, 0.1) is 0 Å². The Hall–Kier alpha value is -0.378. The van der Waals surface area contributed by atoms with Crippen molar-refractivity contribution in [3.63, 3.8) is 0 Å². The first-order chi connectivity index (χ1) is 5.67. The van der Waals surface area contributed by atoms with Gasteiger partial charge in [-0.25, -0.2) is 4.18 Å². The Kier molecular flexibility index (Phi) is 5.22. The molecule has 0 bridgehead atoms. The average Bonchev–Trinajstić information content (AvgIpc) is 2.06. The minimum Gasteiger partial charge on any atom is -0.369 e. The summed E-state index contributed by atoms with van der Waals surface area (Å²) in [4.78, 5) is 0.0408. The summed E-state index contributed by atoms with van der Waals surface area (Å²) in [5.41, 5.74) is 0. The molecule has 0 atom stereocenters. The second-order valence-corrected chi connectivity index (χ2v) is 3.63. The summed E-state index contributed by atoms with van der Waals surface area (Å²) in [7, 11) is -3.76. The zero-order chi connectivity index (χ0) is 9.03. The Balaban J connectivity index is 0.00000144. The fraction of sp³-hybridized carbons (Fsp3) is 0.143. The van der Waals surface area contributed by atoms with Gasteiger partial charge in [0.25, 0.3) is 10.1 Å². The number of rotatable bonds is 3. The zero-order valence-electron chi connectivity index (χ0n) is 6.17. The van der Waals surface area contributed by atoms with Gasteiger partial charge in [0.2, 0.25) is 0 Å². The Bertz CT molecular complexity index is 335. The summed E-state index contributed by atoms with van der Waals surface area (Å²) in [5, 5.41) is 8.26. The SMILES string of the molecule is O=S(=O)(OCO)c1ccccc1.[AlH3]. The molecule has 0 unspecified atom stereocenters. The lowest BCUT2D eigenvalue weighted by Crippen LogP contribution is -2.06. The van der Waals surface area contributed by atoms with Crippen LogP contribution >= 0.6 is 0 Å². The lowest BCUT2D eigenvalue weighted by atomic mass is 10.4. The van der Waals surface area contributed by atoms with Crippen molar-refractivity contribution < 1.29 is 17.7 Å². The van der Waals surface area contributed by atoms with Gasteiger partial charge in [-0.2, -0.15) is 8.42 Å². The van der Waals surface area contributed by atoms with Crippen LogP contribution in [0.5, 0.6) is 0 Å². The molecule has 0 aliphatic heterocycles. The minimum atomic E-state index is -3.76. The van der Waals surface area contributed by atoms with Crippen LogP contribution in [0.15, 0.2) is 35.2 Å². The van der Waals surface area contributed by atoms with Gasteiger partial charge < -0.3 is 5.11 Å². The first-order valence-electron chi connectivity index (χ1n) is 3.22. The van der Waals surface area contributed by atoms with Crippen LogP contribution in [0.1, 0.15) is 0 Å². The lowest BCUT2D eigenvalue weighted by molar-refractivity contribution is 0.105. The molecule has 4 nitrogen and oxygen atoms in total. The van der Waals surface area contributed by atoms with E-state index < -0.39 is 16.9 Å². The molecule has 0 fully saturated rings. The molecule has 1 aromatic rings. The van der Waals surface area contributed by atoms with Gasteiger partial charge in [-0.3, -0.25) is 0 Å². The molecule has 1 N–H and O–H groups in total. The molecular formula is C7H11AlO4S. The van der Waals surface area contributed by atoms with Crippen LogP contribution in [0.2, 0.25) is 0 Å². The maximum Gasteiger partial charge on any atom is 0.299 e. The maximum absolute atomic E-state index is 11.0. The molecule has 1 aromatic carbocycles. The normalized spacial score (nSPS) is 10.5. The summed E-state index contributed by atoms with van der Waals surface area (Å²) >= 11 is 0. The molecule has 0 spiro atoms. The van der Waals surface area contributed by atoms with E-state index in [-0.39, 0.29) is 22.3 Å². The highest BCUT2D eigenvalue weighted by Crippen LogP contribution is 2.09. The van der Waals surface area contributed by atoms with Crippen molar-refractivity contribution in [2.45, 2.75) is 4.90 Å². The molecule has 0 radical (unpaired) electrons. The Morgan fingerprint density at radius 2 is 1.77 bits per heavy atom. The molecule has 0 saturated heterocycles. The predicted octanol–water partition coefficient (Wildman–Crippen LogP) is -0.842. The fourth-order valence-electron chi connectivity index (χ4n) is 0.725. The summed E-state index contributed by atoms with van der Waals surface area (Å²) in [5.74, 6) is 0. The standard InChI is InChI=1S/C7H8O4S.Al.3H/c8-6-11-12(9,10)7-4-2-1-3-5-7;;;;/h1-5,8H,6H2;;;;. The third-order valence-electron chi connectivity index (χ3n) is 1.24. The molecular weight excluding hydrogens is 207 g/mol. The van der Waals surface area contributed by atoms with E-state index in [4.69, 9.17) is 5.11 Å². The van der Waals surface area contributed by atoms with Gasteiger partial charge >= 0.3 is 0 Å². The van der Waals surface area contributed by atoms with E-state index in [1.165, 1.54) is 12.1 Å². The number of benzene rings is 1. The summed E-state index contributed by atoms with van der Waals surface area (Å²) in [6.07, 6.45) is 0. The first-order valence-corrected chi connectivity index (χ1v) is 4.63. The molecule has 0 heterocycles. The molecule has 72 valence electrons. The second kappa shape index (κ2) is 5.37. The maximum atomic E-state index is 11.0. The van der Waals surface area contributed by atoms with E-state index in [1.54, 1.807) is 18.2 Å². The van der Waals surface area contributed by atoms with Crippen LogP contribution in [0.25, 0.3) is 0 Å². The Labute approximate surface area is 87.4 Å². The van der Waals surface area contributed by atoms with Gasteiger partial charge in [-0.05, 0) is 12.1 Å². The monoisotopic (exact) mass is 218 g/mol. The van der Waals surface area contributed by atoms with Crippen molar-refractivity contribution in [1.82, 2.24) is 0 Å². The van der Waals surface area contributed by atoms with E-state index in [0.717, 1.165) is 0 Å². The number of hydrogen-bond donors (Lipinski definition) is 1. The molecule has 0 aliphatic carbocycles. The van der Waals surface area contributed by atoms with Crippen molar-refractivity contribution in [2.24, 2.45) is 0 Å². The predicted molar refractivity (Wildman–Crippen MR) is 51.7 cm³/mol. The highest BCUT2D eigenvalue weighted by Gasteiger charge is 2.12. The van der Waals surface area contributed by atoms with E-state index >= 15 is 0 Å². The van der Waals surface area contributed by atoms with Gasteiger partial charge in [-0.1, -0.05) is 18.2 Å².